The third kappa shape index (κ3) is 1.63. The van der Waals surface area contributed by atoms with Crippen molar-refractivity contribution in [2.45, 2.75) is 31.8 Å². The second-order valence-electron chi connectivity index (χ2n) is 4.44. The predicted octanol–water partition coefficient (Wildman–Crippen LogP) is 2.20. The summed E-state index contributed by atoms with van der Waals surface area (Å²) in [5.41, 5.74) is 2.40. The standard InChI is InChI=1S/C12H13NO2/c1-8-13-10-6-9(2-3-11(10)15-8)7-12(14)4-5-12/h2-3,6,14H,4-5,7H2,1H3. The van der Waals surface area contributed by atoms with Crippen molar-refractivity contribution >= 4 is 11.1 Å². The van der Waals surface area contributed by atoms with E-state index in [0.29, 0.717) is 5.89 Å². The molecule has 1 saturated carbocycles. The molecule has 15 heavy (non-hydrogen) atoms. The van der Waals surface area contributed by atoms with Gasteiger partial charge < -0.3 is 9.52 Å². The molecule has 0 unspecified atom stereocenters. The van der Waals surface area contributed by atoms with Gasteiger partial charge in [-0.1, -0.05) is 6.07 Å². The fourth-order valence-corrected chi connectivity index (χ4v) is 1.90. The van der Waals surface area contributed by atoms with Crippen molar-refractivity contribution in [2.24, 2.45) is 0 Å². The SMILES string of the molecule is Cc1nc2cc(CC3(O)CC3)ccc2o1. The largest absolute Gasteiger partial charge is 0.441 e. The van der Waals surface area contributed by atoms with Crippen LogP contribution < -0.4 is 0 Å². The lowest BCUT2D eigenvalue weighted by Gasteiger charge is -2.06. The van der Waals surface area contributed by atoms with E-state index in [1.54, 1.807) is 0 Å². The summed E-state index contributed by atoms with van der Waals surface area (Å²) in [7, 11) is 0. The Morgan fingerprint density at radius 1 is 1.47 bits per heavy atom. The molecule has 0 aliphatic heterocycles. The highest BCUT2D eigenvalue weighted by Gasteiger charge is 2.40. The Bertz CT molecular complexity index is 511. The van der Waals surface area contributed by atoms with Crippen molar-refractivity contribution in [1.82, 2.24) is 4.98 Å². The molecule has 0 radical (unpaired) electrons. The lowest BCUT2D eigenvalue weighted by atomic mass is 10.1. The molecular weight excluding hydrogens is 190 g/mol. The molecule has 0 atom stereocenters. The van der Waals surface area contributed by atoms with E-state index >= 15 is 0 Å². The highest BCUT2D eigenvalue weighted by Crippen LogP contribution is 2.38. The topological polar surface area (TPSA) is 46.3 Å². The first kappa shape index (κ1) is 8.92. The fourth-order valence-electron chi connectivity index (χ4n) is 1.90. The second-order valence-corrected chi connectivity index (χ2v) is 4.44. The molecule has 1 fully saturated rings. The van der Waals surface area contributed by atoms with Gasteiger partial charge in [-0.2, -0.15) is 0 Å². The molecular formula is C12H13NO2. The van der Waals surface area contributed by atoms with Crippen LogP contribution in [-0.4, -0.2) is 15.7 Å². The normalized spacial score (nSPS) is 18.3. The number of aromatic nitrogens is 1. The molecule has 3 nitrogen and oxygen atoms in total. The summed E-state index contributed by atoms with van der Waals surface area (Å²) in [4.78, 5) is 4.28. The molecule has 1 N–H and O–H groups in total. The summed E-state index contributed by atoms with van der Waals surface area (Å²) in [6.07, 6.45) is 2.57. The Hall–Kier alpha value is -1.35. The zero-order chi connectivity index (χ0) is 10.5. The van der Waals surface area contributed by atoms with Gasteiger partial charge in [0, 0.05) is 13.3 Å². The molecule has 1 aliphatic carbocycles. The van der Waals surface area contributed by atoms with E-state index in [2.05, 4.69) is 4.98 Å². The van der Waals surface area contributed by atoms with Gasteiger partial charge in [0.2, 0.25) is 0 Å². The number of fused-ring (bicyclic) bond motifs is 1. The van der Waals surface area contributed by atoms with E-state index in [0.717, 1.165) is 35.9 Å². The summed E-state index contributed by atoms with van der Waals surface area (Å²) in [5.74, 6) is 0.687. The van der Waals surface area contributed by atoms with E-state index in [-0.39, 0.29) is 0 Å². The third-order valence-corrected chi connectivity index (χ3v) is 2.92. The molecule has 0 spiro atoms. The maximum atomic E-state index is 9.82. The minimum atomic E-state index is -0.438. The molecule has 2 aromatic rings. The molecule has 3 rings (SSSR count). The van der Waals surface area contributed by atoms with Gasteiger partial charge in [0.15, 0.2) is 11.5 Å². The third-order valence-electron chi connectivity index (χ3n) is 2.92. The molecule has 3 heteroatoms. The van der Waals surface area contributed by atoms with Gasteiger partial charge in [-0.25, -0.2) is 4.98 Å². The zero-order valence-electron chi connectivity index (χ0n) is 8.66. The number of oxazole rings is 1. The Morgan fingerprint density at radius 2 is 2.27 bits per heavy atom. The average molecular weight is 203 g/mol. The number of nitrogens with zero attached hydrogens (tertiary/aromatic N) is 1. The maximum Gasteiger partial charge on any atom is 0.192 e. The maximum absolute atomic E-state index is 9.82. The van der Waals surface area contributed by atoms with Crippen molar-refractivity contribution in [1.29, 1.82) is 0 Å². The molecule has 0 amide bonds. The quantitative estimate of drug-likeness (QED) is 0.813. The van der Waals surface area contributed by atoms with E-state index < -0.39 is 5.60 Å². The Labute approximate surface area is 87.7 Å². The number of hydrogen-bond acceptors (Lipinski definition) is 3. The fraction of sp³-hybridized carbons (Fsp3) is 0.417. The summed E-state index contributed by atoms with van der Waals surface area (Å²) < 4.78 is 5.40. The second kappa shape index (κ2) is 2.83. The van der Waals surface area contributed by atoms with Crippen LogP contribution in [-0.2, 0) is 6.42 Å². The van der Waals surface area contributed by atoms with Crippen molar-refractivity contribution in [2.75, 3.05) is 0 Å². The average Bonchev–Trinajstić information content (AvgIpc) is 2.76. The Balaban J connectivity index is 1.98. The molecule has 0 saturated heterocycles. The smallest absolute Gasteiger partial charge is 0.192 e. The lowest BCUT2D eigenvalue weighted by molar-refractivity contribution is 0.151. The van der Waals surface area contributed by atoms with Crippen molar-refractivity contribution in [3.63, 3.8) is 0 Å². The highest BCUT2D eigenvalue weighted by atomic mass is 16.3. The molecule has 1 aliphatic rings. The van der Waals surface area contributed by atoms with E-state index in [1.165, 1.54) is 0 Å². The summed E-state index contributed by atoms with van der Waals surface area (Å²) in [5, 5.41) is 9.82. The first-order chi connectivity index (χ1) is 7.15. The number of hydrogen-bond donors (Lipinski definition) is 1. The first-order valence-corrected chi connectivity index (χ1v) is 5.23. The van der Waals surface area contributed by atoms with Crippen molar-refractivity contribution in [3.05, 3.63) is 29.7 Å². The minimum Gasteiger partial charge on any atom is -0.441 e. The van der Waals surface area contributed by atoms with Gasteiger partial charge in [-0.15, -0.1) is 0 Å². The summed E-state index contributed by atoms with van der Waals surface area (Å²) >= 11 is 0. The van der Waals surface area contributed by atoms with Crippen LogP contribution in [0.2, 0.25) is 0 Å². The van der Waals surface area contributed by atoms with Gasteiger partial charge in [-0.05, 0) is 30.5 Å². The Morgan fingerprint density at radius 3 is 3.00 bits per heavy atom. The van der Waals surface area contributed by atoms with E-state index in [4.69, 9.17) is 4.42 Å². The van der Waals surface area contributed by atoms with Crippen LogP contribution in [0.3, 0.4) is 0 Å². The number of benzene rings is 1. The van der Waals surface area contributed by atoms with E-state index in [1.807, 2.05) is 25.1 Å². The van der Waals surface area contributed by atoms with Gasteiger partial charge in [0.1, 0.15) is 5.52 Å². The number of aryl methyl sites for hydroxylation is 1. The molecule has 78 valence electrons. The van der Waals surface area contributed by atoms with Crippen LogP contribution in [0.4, 0.5) is 0 Å². The van der Waals surface area contributed by atoms with Crippen LogP contribution >= 0.6 is 0 Å². The van der Waals surface area contributed by atoms with Crippen LogP contribution in [0.25, 0.3) is 11.1 Å². The van der Waals surface area contributed by atoms with Gasteiger partial charge in [0.25, 0.3) is 0 Å². The minimum absolute atomic E-state index is 0.438. The highest BCUT2D eigenvalue weighted by molar-refractivity contribution is 5.73. The van der Waals surface area contributed by atoms with Crippen LogP contribution in [0.1, 0.15) is 24.3 Å². The van der Waals surface area contributed by atoms with Crippen molar-refractivity contribution < 1.29 is 9.52 Å². The number of rotatable bonds is 2. The van der Waals surface area contributed by atoms with Crippen LogP contribution in [0.5, 0.6) is 0 Å². The van der Waals surface area contributed by atoms with Crippen LogP contribution in [0.15, 0.2) is 22.6 Å². The predicted molar refractivity (Wildman–Crippen MR) is 56.6 cm³/mol. The van der Waals surface area contributed by atoms with Crippen molar-refractivity contribution in [3.8, 4) is 0 Å². The molecule has 1 aromatic heterocycles. The zero-order valence-corrected chi connectivity index (χ0v) is 8.66. The molecule has 0 bridgehead atoms. The van der Waals surface area contributed by atoms with Crippen LogP contribution in [0, 0.1) is 6.92 Å². The van der Waals surface area contributed by atoms with Gasteiger partial charge >= 0.3 is 0 Å². The summed E-state index contributed by atoms with van der Waals surface area (Å²) in [6, 6.07) is 5.93. The van der Waals surface area contributed by atoms with E-state index in [9.17, 15) is 5.11 Å². The van der Waals surface area contributed by atoms with Gasteiger partial charge in [-0.3, -0.25) is 0 Å². The summed E-state index contributed by atoms with van der Waals surface area (Å²) in [6.45, 7) is 1.84. The number of aliphatic hydroxyl groups is 1. The Kier molecular flexibility index (Phi) is 1.68. The van der Waals surface area contributed by atoms with Gasteiger partial charge in [0.05, 0.1) is 5.60 Å². The first-order valence-electron chi connectivity index (χ1n) is 5.23. The molecule has 1 aromatic carbocycles. The monoisotopic (exact) mass is 203 g/mol. The molecule has 1 heterocycles. The lowest BCUT2D eigenvalue weighted by Crippen LogP contribution is -2.10.